The smallest absolute Gasteiger partial charge is 0.359 e. The van der Waals surface area contributed by atoms with Gasteiger partial charge in [0.25, 0.3) is 5.91 Å². The van der Waals surface area contributed by atoms with Gasteiger partial charge < -0.3 is 19.4 Å². The highest BCUT2D eigenvalue weighted by Gasteiger charge is 2.24. The lowest BCUT2D eigenvalue weighted by Gasteiger charge is -2.36. The van der Waals surface area contributed by atoms with Gasteiger partial charge in [-0.1, -0.05) is 0 Å². The molecule has 2 fully saturated rings. The van der Waals surface area contributed by atoms with Crippen LogP contribution in [0.15, 0.2) is 30.3 Å². The molecule has 0 radical (unpaired) electrons. The molecular formula is C23H26FN5O4. The van der Waals surface area contributed by atoms with Crippen molar-refractivity contribution in [1.29, 1.82) is 0 Å². The maximum Gasteiger partial charge on any atom is 0.359 e. The van der Waals surface area contributed by atoms with E-state index in [-0.39, 0.29) is 17.4 Å². The number of benzene rings is 1. The summed E-state index contributed by atoms with van der Waals surface area (Å²) in [6.45, 7) is 4.45. The van der Waals surface area contributed by atoms with Crippen molar-refractivity contribution in [2.75, 3.05) is 55.7 Å². The van der Waals surface area contributed by atoms with Crippen LogP contribution in [0.2, 0.25) is 0 Å². The zero-order valence-corrected chi connectivity index (χ0v) is 18.5. The number of nitrogens with zero attached hydrogens (tertiary/aromatic N) is 5. The summed E-state index contributed by atoms with van der Waals surface area (Å²) in [6.07, 6.45) is 2.23. The van der Waals surface area contributed by atoms with Crippen molar-refractivity contribution in [3.8, 4) is 0 Å². The molecule has 10 heteroatoms. The van der Waals surface area contributed by atoms with Crippen LogP contribution in [0.25, 0.3) is 0 Å². The van der Waals surface area contributed by atoms with Gasteiger partial charge in [0.05, 0.1) is 5.69 Å². The Bertz CT molecular complexity index is 1030. The van der Waals surface area contributed by atoms with Crippen LogP contribution in [0.4, 0.5) is 15.9 Å². The quantitative estimate of drug-likeness (QED) is 0.482. The molecule has 1 aromatic carbocycles. The molecule has 2 aromatic rings. The summed E-state index contributed by atoms with van der Waals surface area (Å²) in [6, 6.07) is 7.70. The number of esters is 1. The van der Waals surface area contributed by atoms with Crippen LogP contribution in [-0.4, -0.2) is 78.6 Å². The van der Waals surface area contributed by atoms with Gasteiger partial charge in [0.15, 0.2) is 23.9 Å². The molecule has 2 aliphatic heterocycles. The molecule has 33 heavy (non-hydrogen) atoms. The zero-order chi connectivity index (χ0) is 23.4. The van der Waals surface area contributed by atoms with Gasteiger partial charge >= 0.3 is 5.97 Å². The average molecular weight is 455 g/mol. The van der Waals surface area contributed by atoms with Crippen LogP contribution in [0.3, 0.4) is 0 Å². The lowest BCUT2D eigenvalue weighted by Crippen LogP contribution is -2.50. The van der Waals surface area contributed by atoms with E-state index in [1.807, 2.05) is 4.90 Å². The Morgan fingerprint density at radius 1 is 0.939 bits per heavy atom. The Hall–Kier alpha value is -3.56. The van der Waals surface area contributed by atoms with Crippen molar-refractivity contribution in [2.24, 2.45) is 0 Å². The number of rotatable bonds is 6. The van der Waals surface area contributed by atoms with Gasteiger partial charge in [0.1, 0.15) is 5.82 Å². The lowest BCUT2D eigenvalue weighted by atomic mass is 10.1. The van der Waals surface area contributed by atoms with Gasteiger partial charge in [-0.15, -0.1) is 10.2 Å². The number of hydrogen-bond acceptors (Lipinski definition) is 8. The Balaban J connectivity index is 1.25. The first-order valence-electron chi connectivity index (χ1n) is 11.0. The lowest BCUT2D eigenvalue weighted by molar-refractivity contribution is -0.134. The molecule has 2 saturated heterocycles. The van der Waals surface area contributed by atoms with Crippen LogP contribution in [-0.2, 0) is 9.53 Å². The molecule has 0 atom stereocenters. The Labute approximate surface area is 191 Å². The molecule has 1 aromatic heterocycles. The summed E-state index contributed by atoms with van der Waals surface area (Å²) in [7, 11) is 0. The number of halogens is 1. The van der Waals surface area contributed by atoms with E-state index >= 15 is 0 Å². The van der Waals surface area contributed by atoms with Crippen molar-refractivity contribution in [3.05, 3.63) is 47.4 Å². The molecular weight excluding hydrogens is 429 g/mol. The van der Waals surface area contributed by atoms with Gasteiger partial charge in [-0.05, 0) is 50.1 Å². The van der Waals surface area contributed by atoms with Crippen LogP contribution >= 0.6 is 0 Å². The van der Waals surface area contributed by atoms with E-state index in [9.17, 15) is 18.8 Å². The Kier molecular flexibility index (Phi) is 6.81. The fraction of sp³-hybridized carbons (Fsp3) is 0.435. The largest absolute Gasteiger partial charge is 0.451 e. The summed E-state index contributed by atoms with van der Waals surface area (Å²) in [5.41, 5.74) is 0.775. The third kappa shape index (κ3) is 5.27. The monoisotopic (exact) mass is 455 g/mol. The summed E-state index contributed by atoms with van der Waals surface area (Å²) >= 11 is 0. The molecule has 0 saturated carbocycles. The van der Waals surface area contributed by atoms with E-state index in [0.717, 1.165) is 31.7 Å². The second kappa shape index (κ2) is 9.93. The highest BCUT2D eigenvalue weighted by Crippen LogP contribution is 2.22. The third-order valence-electron chi connectivity index (χ3n) is 5.94. The van der Waals surface area contributed by atoms with Gasteiger partial charge in [0.2, 0.25) is 0 Å². The minimum absolute atomic E-state index is 0.0556. The first-order valence-corrected chi connectivity index (χ1v) is 11.0. The van der Waals surface area contributed by atoms with Gasteiger partial charge in [-0.3, -0.25) is 9.59 Å². The fourth-order valence-electron chi connectivity index (χ4n) is 4.02. The second-order valence-corrected chi connectivity index (χ2v) is 8.14. The van der Waals surface area contributed by atoms with Gasteiger partial charge in [0, 0.05) is 44.8 Å². The maximum atomic E-state index is 14.4. The maximum absolute atomic E-state index is 14.4. The normalized spacial score (nSPS) is 16.1. The molecule has 0 unspecified atom stereocenters. The fourth-order valence-corrected chi connectivity index (χ4v) is 4.02. The number of ether oxygens (including phenoxy) is 1. The molecule has 174 valence electrons. The minimum Gasteiger partial charge on any atom is -0.451 e. The highest BCUT2D eigenvalue weighted by atomic mass is 19.1. The number of hydrogen-bond donors (Lipinski definition) is 0. The summed E-state index contributed by atoms with van der Waals surface area (Å²) < 4.78 is 19.5. The molecule has 0 aliphatic carbocycles. The number of aromatic nitrogens is 2. The predicted molar refractivity (Wildman–Crippen MR) is 119 cm³/mol. The number of carbonyl (C=O) groups excluding carboxylic acids is 3. The third-order valence-corrected chi connectivity index (χ3v) is 5.94. The summed E-state index contributed by atoms with van der Waals surface area (Å²) in [5, 5.41) is 8.01. The number of ketones is 1. The average Bonchev–Trinajstić information content (AvgIpc) is 3.37. The Morgan fingerprint density at radius 2 is 1.67 bits per heavy atom. The SMILES string of the molecule is CC(=O)c1ccc(N2CCN(C(=O)COC(=O)c3ccc(N4CCCC4)nn3)CC2)c(F)c1. The van der Waals surface area contributed by atoms with Crippen molar-refractivity contribution in [2.45, 2.75) is 19.8 Å². The number of Topliss-reactive ketones (excluding diaryl/α,β-unsaturated/α-hetero) is 1. The number of anilines is 2. The predicted octanol–water partition coefficient (Wildman–Crippen LogP) is 1.92. The van der Waals surface area contributed by atoms with E-state index in [2.05, 4.69) is 15.1 Å². The van der Waals surface area contributed by atoms with E-state index in [1.54, 1.807) is 29.2 Å². The molecule has 2 aliphatic rings. The first kappa shape index (κ1) is 22.6. The molecule has 0 N–H and O–H groups in total. The first-order chi connectivity index (χ1) is 15.9. The van der Waals surface area contributed by atoms with Crippen LogP contribution in [0, 0.1) is 5.82 Å². The standard InChI is InChI=1S/C23H26FN5O4/c1-16(30)17-4-6-20(18(24)14-17)27-10-12-29(13-11-27)22(31)15-33-23(32)19-5-7-21(26-25-19)28-8-2-3-9-28/h4-7,14H,2-3,8-13,15H2,1H3. The summed E-state index contributed by atoms with van der Waals surface area (Å²) in [5.74, 6) is -0.954. The molecule has 1 amide bonds. The van der Waals surface area contributed by atoms with Crippen molar-refractivity contribution in [3.63, 3.8) is 0 Å². The van der Waals surface area contributed by atoms with Crippen LogP contribution in [0.5, 0.6) is 0 Å². The second-order valence-electron chi connectivity index (χ2n) is 8.14. The van der Waals surface area contributed by atoms with Crippen LogP contribution in [0.1, 0.15) is 40.6 Å². The highest BCUT2D eigenvalue weighted by molar-refractivity contribution is 5.94. The topological polar surface area (TPSA) is 95.9 Å². The molecule has 3 heterocycles. The number of piperazine rings is 1. The Morgan fingerprint density at radius 3 is 2.27 bits per heavy atom. The molecule has 0 bridgehead atoms. The van der Waals surface area contributed by atoms with E-state index in [4.69, 9.17) is 4.74 Å². The zero-order valence-electron chi connectivity index (χ0n) is 18.5. The van der Waals surface area contributed by atoms with Crippen molar-refractivity contribution >= 4 is 29.2 Å². The molecule has 4 rings (SSSR count). The molecule has 9 nitrogen and oxygen atoms in total. The van der Waals surface area contributed by atoms with Crippen LogP contribution < -0.4 is 9.80 Å². The van der Waals surface area contributed by atoms with Gasteiger partial charge in [-0.2, -0.15) is 0 Å². The number of amides is 1. The van der Waals surface area contributed by atoms with E-state index in [1.165, 1.54) is 13.0 Å². The van der Waals surface area contributed by atoms with E-state index < -0.39 is 18.4 Å². The number of carbonyl (C=O) groups is 3. The molecule has 0 spiro atoms. The summed E-state index contributed by atoms with van der Waals surface area (Å²) in [4.78, 5) is 41.6. The van der Waals surface area contributed by atoms with Crippen molar-refractivity contribution < 1.29 is 23.5 Å². The van der Waals surface area contributed by atoms with E-state index in [0.29, 0.717) is 37.4 Å². The van der Waals surface area contributed by atoms with Crippen molar-refractivity contribution in [1.82, 2.24) is 15.1 Å². The minimum atomic E-state index is -0.699. The van der Waals surface area contributed by atoms with Gasteiger partial charge in [-0.25, -0.2) is 9.18 Å².